The molecule has 0 spiro atoms. The van der Waals surface area contributed by atoms with Gasteiger partial charge in [0, 0.05) is 6.42 Å². The third-order valence-corrected chi connectivity index (χ3v) is 4.60. The summed E-state index contributed by atoms with van der Waals surface area (Å²) in [4.78, 5) is 22.7. The van der Waals surface area contributed by atoms with Crippen molar-refractivity contribution < 1.29 is 9.59 Å². The maximum Gasteiger partial charge on any atom is 0.166 e. The number of hydrogen-bond acceptors (Lipinski definition) is 2. The Kier molecular flexibility index (Phi) is 2.56. The Bertz CT molecular complexity index is 365. The molecule has 0 heterocycles. The van der Waals surface area contributed by atoms with Crippen molar-refractivity contribution >= 4 is 12.1 Å². The summed E-state index contributed by atoms with van der Waals surface area (Å²) in [5.74, 6) is 0.428. The van der Waals surface area contributed by atoms with Crippen LogP contribution in [0, 0.1) is 16.7 Å². The molecule has 2 nitrogen and oxygen atoms in total. The van der Waals surface area contributed by atoms with E-state index in [1.165, 1.54) is 12.8 Å². The molecule has 2 heteroatoms. The molecule has 88 valence electrons. The lowest BCUT2D eigenvalue weighted by molar-refractivity contribution is -0.123. The topological polar surface area (TPSA) is 34.1 Å². The van der Waals surface area contributed by atoms with E-state index in [-0.39, 0.29) is 16.6 Å². The Morgan fingerprint density at radius 1 is 1.31 bits per heavy atom. The van der Waals surface area contributed by atoms with Crippen molar-refractivity contribution in [3.8, 4) is 0 Å². The summed E-state index contributed by atoms with van der Waals surface area (Å²) in [7, 11) is 0. The van der Waals surface area contributed by atoms with Crippen LogP contribution in [0.2, 0.25) is 0 Å². The second-order valence-electron chi connectivity index (χ2n) is 6.25. The van der Waals surface area contributed by atoms with Crippen molar-refractivity contribution in [2.45, 2.75) is 46.5 Å². The number of rotatable bonds is 1. The van der Waals surface area contributed by atoms with Crippen molar-refractivity contribution in [3.05, 3.63) is 11.6 Å². The highest BCUT2D eigenvalue weighted by Crippen LogP contribution is 2.55. The lowest BCUT2D eigenvalue weighted by Gasteiger charge is -2.51. The molecule has 0 aromatic rings. The van der Waals surface area contributed by atoms with Crippen LogP contribution in [0.25, 0.3) is 0 Å². The molecule has 0 unspecified atom stereocenters. The second-order valence-corrected chi connectivity index (χ2v) is 6.25. The molecule has 0 radical (unpaired) electrons. The van der Waals surface area contributed by atoms with E-state index in [1.54, 1.807) is 0 Å². The van der Waals surface area contributed by atoms with Crippen molar-refractivity contribution in [1.82, 2.24) is 0 Å². The predicted molar refractivity (Wildman–Crippen MR) is 63.0 cm³/mol. The minimum absolute atomic E-state index is 0.0347. The van der Waals surface area contributed by atoms with Gasteiger partial charge < -0.3 is 0 Å². The van der Waals surface area contributed by atoms with Gasteiger partial charge in [0.25, 0.3) is 0 Å². The first kappa shape index (κ1) is 11.6. The number of Topliss-reactive ketones (excluding diaryl/α,β-unsaturated/α-hetero) is 1. The predicted octanol–water partition coefficient (Wildman–Crippen LogP) is 2.92. The molecule has 2 rings (SSSR count). The van der Waals surface area contributed by atoms with Gasteiger partial charge in [-0.1, -0.05) is 33.3 Å². The van der Waals surface area contributed by atoms with Gasteiger partial charge in [-0.2, -0.15) is 0 Å². The van der Waals surface area contributed by atoms with E-state index in [9.17, 15) is 9.59 Å². The van der Waals surface area contributed by atoms with E-state index >= 15 is 0 Å². The molecule has 1 fully saturated rings. The Balaban J connectivity index is 2.43. The summed E-state index contributed by atoms with van der Waals surface area (Å²) >= 11 is 0. The van der Waals surface area contributed by atoms with Crippen LogP contribution in [-0.4, -0.2) is 12.1 Å². The fourth-order valence-corrected chi connectivity index (χ4v) is 3.69. The average molecular weight is 220 g/mol. The maximum absolute atomic E-state index is 11.8. The maximum atomic E-state index is 11.8. The van der Waals surface area contributed by atoms with E-state index in [0.29, 0.717) is 17.9 Å². The largest absolute Gasteiger partial charge is 0.298 e. The number of carbonyl (C=O) groups excluding carboxylic acids is 2. The highest BCUT2D eigenvalue weighted by molar-refractivity contribution is 6.12. The van der Waals surface area contributed by atoms with Crippen LogP contribution < -0.4 is 0 Å². The molecular formula is C14H20O2. The first-order valence-corrected chi connectivity index (χ1v) is 6.10. The Labute approximate surface area is 97.1 Å². The van der Waals surface area contributed by atoms with Gasteiger partial charge in [0.05, 0.1) is 5.57 Å². The minimum Gasteiger partial charge on any atom is -0.298 e. The molecule has 2 aliphatic carbocycles. The van der Waals surface area contributed by atoms with Crippen LogP contribution in [0.3, 0.4) is 0 Å². The van der Waals surface area contributed by atoms with E-state index in [1.807, 2.05) is 6.08 Å². The number of ketones is 1. The highest BCUT2D eigenvalue weighted by atomic mass is 16.1. The third-order valence-electron chi connectivity index (χ3n) is 4.60. The standard InChI is InChI=1S/C14H20O2/c1-13(2)5-4-6-14(3)8-10(9-15)11(16)7-12(13)14/h8-9,12H,4-7H2,1-3H3/t12-,14+/m0/s1. The number of aldehydes is 1. The Morgan fingerprint density at radius 2 is 2.00 bits per heavy atom. The zero-order chi connectivity index (χ0) is 12.0. The van der Waals surface area contributed by atoms with Crippen LogP contribution in [0.1, 0.15) is 46.5 Å². The molecule has 0 aromatic carbocycles. The van der Waals surface area contributed by atoms with Gasteiger partial charge >= 0.3 is 0 Å². The molecule has 16 heavy (non-hydrogen) atoms. The number of fused-ring (bicyclic) bond motifs is 1. The van der Waals surface area contributed by atoms with Crippen LogP contribution in [0.5, 0.6) is 0 Å². The van der Waals surface area contributed by atoms with Gasteiger partial charge in [0.2, 0.25) is 0 Å². The first-order chi connectivity index (χ1) is 7.39. The van der Waals surface area contributed by atoms with Gasteiger partial charge in [0.15, 0.2) is 12.1 Å². The zero-order valence-electron chi connectivity index (χ0n) is 10.4. The smallest absolute Gasteiger partial charge is 0.166 e. The van der Waals surface area contributed by atoms with Crippen molar-refractivity contribution in [3.63, 3.8) is 0 Å². The number of allylic oxidation sites excluding steroid dienone is 2. The number of carbonyl (C=O) groups is 2. The van der Waals surface area contributed by atoms with Crippen molar-refractivity contribution in [1.29, 1.82) is 0 Å². The fourth-order valence-electron chi connectivity index (χ4n) is 3.69. The van der Waals surface area contributed by atoms with E-state index in [0.717, 1.165) is 12.7 Å². The van der Waals surface area contributed by atoms with Gasteiger partial charge in [-0.25, -0.2) is 0 Å². The first-order valence-electron chi connectivity index (χ1n) is 6.10. The molecule has 0 aromatic heterocycles. The van der Waals surface area contributed by atoms with E-state index in [4.69, 9.17) is 0 Å². The molecular weight excluding hydrogens is 200 g/mol. The molecule has 2 aliphatic rings. The van der Waals surface area contributed by atoms with Crippen molar-refractivity contribution in [2.24, 2.45) is 16.7 Å². The van der Waals surface area contributed by atoms with E-state index < -0.39 is 0 Å². The third kappa shape index (κ3) is 1.64. The molecule has 0 bridgehead atoms. The average Bonchev–Trinajstić information content (AvgIpc) is 2.19. The number of hydrogen-bond donors (Lipinski definition) is 0. The summed E-state index contributed by atoms with van der Waals surface area (Å²) in [6.07, 6.45) is 6.70. The summed E-state index contributed by atoms with van der Waals surface area (Å²) in [6.45, 7) is 6.71. The van der Waals surface area contributed by atoms with Crippen LogP contribution in [0.4, 0.5) is 0 Å². The quantitative estimate of drug-likeness (QED) is 0.503. The van der Waals surface area contributed by atoms with Crippen LogP contribution in [0.15, 0.2) is 11.6 Å². The molecule has 0 amide bonds. The molecule has 0 saturated heterocycles. The van der Waals surface area contributed by atoms with Gasteiger partial charge in [-0.15, -0.1) is 0 Å². The molecule has 2 atom stereocenters. The zero-order valence-corrected chi connectivity index (χ0v) is 10.4. The summed E-state index contributed by atoms with van der Waals surface area (Å²) in [5, 5.41) is 0. The van der Waals surface area contributed by atoms with Crippen LogP contribution >= 0.6 is 0 Å². The molecule has 1 saturated carbocycles. The van der Waals surface area contributed by atoms with Gasteiger partial charge in [-0.05, 0) is 29.6 Å². The van der Waals surface area contributed by atoms with Crippen LogP contribution in [-0.2, 0) is 9.59 Å². The molecule has 0 N–H and O–H groups in total. The Hall–Kier alpha value is -0.920. The summed E-state index contributed by atoms with van der Waals surface area (Å²) < 4.78 is 0. The fraction of sp³-hybridized carbons (Fsp3) is 0.714. The lowest BCUT2D eigenvalue weighted by atomic mass is 9.53. The summed E-state index contributed by atoms with van der Waals surface area (Å²) in [6, 6.07) is 0. The van der Waals surface area contributed by atoms with E-state index in [2.05, 4.69) is 20.8 Å². The van der Waals surface area contributed by atoms with Gasteiger partial charge in [0.1, 0.15) is 0 Å². The second kappa shape index (κ2) is 3.54. The van der Waals surface area contributed by atoms with Crippen molar-refractivity contribution in [2.75, 3.05) is 0 Å². The monoisotopic (exact) mass is 220 g/mol. The minimum atomic E-state index is 0.0347. The summed E-state index contributed by atoms with van der Waals surface area (Å²) in [5.41, 5.74) is 0.663. The van der Waals surface area contributed by atoms with Gasteiger partial charge in [-0.3, -0.25) is 9.59 Å². The normalized spacial score (nSPS) is 37.6. The lowest BCUT2D eigenvalue weighted by Crippen LogP contribution is -2.45. The SMILES string of the molecule is CC1(C)CCC[C@]2(C)C=C(C=O)C(=O)C[C@@H]12. The Morgan fingerprint density at radius 3 is 2.62 bits per heavy atom. The highest BCUT2D eigenvalue weighted by Gasteiger charge is 2.48. The molecule has 0 aliphatic heterocycles.